The lowest BCUT2D eigenvalue weighted by atomic mass is 9.98. The Morgan fingerprint density at radius 1 is 1.33 bits per heavy atom. The molecule has 0 saturated carbocycles. The first-order valence-electron chi connectivity index (χ1n) is 5.61. The van der Waals surface area contributed by atoms with E-state index in [1.165, 1.54) is 6.21 Å². The van der Waals surface area contributed by atoms with E-state index in [1.54, 1.807) is 7.11 Å². The first kappa shape index (κ1) is 12.7. The van der Waals surface area contributed by atoms with E-state index < -0.39 is 0 Å². The summed E-state index contributed by atoms with van der Waals surface area (Å²) in [6.07, 6.45) is 1.49. The van der Waals surface area contributed by atoms with Crippen LogP contribution in [0, 0.1) is 0 Å². The molecule has 4 heteroatoms. The number of methoxy groups -OCH3 is 1. The number of rotatable bonds is 3. The molecule has 0 spiro atoms. The Labute approximate surface area is 111 Å². The van der Waals surface area contributed by atoms with Crippen LogP contribution in [0.25, 0.3) is 10.8 Å². The molecule has 0 aromatic heterocycles. The molecule has 0 bridgehead atoms. The van der Waals surface area contributed by atoms with Crippen LogP contribution in [0.3, 0.4) is 0 Å². The molecule has 1 atom stereocenters. The first-order valence-corrected chi connectivity index (χ1v) is 5.99. The molecule has 0 fully saturated rings. The van der Waals surface area contributed by atoms with Crippen molar-refractivity contribution in [1.29, 1.82) is 0 Å². The maximum absolute atomic E-state index is 8.56. The van der Waals surface area contributed by atoms with Gasteiger partial charge in [-0.15, -0.1) is 5.16 Å². The van der Waals surface area contributed by atoms with Gasteiger partial charge in [-0.1, -0.05) is 42.8 Å². The zero-order chi connectivity index (χ0) is 13.1. The van der Waals surface area contributed by atoms with Crippen LogP contribution in [0.2, 0.25) is 5.02 Å². The molecule has 0 amide bonds. The SMILES string of the molecule is COc1ccc2cc(C(C)C=NO)ccc2c1Cl. The third-order valence-corrected chi connectivity index (χ3v) is 3.37. The molecule has 1 unspecified atom stereocenters. The molecule has 0 aliphatic rings. The number of hydrogen-bond acceptors (Lipinski definition) is 3. The first-order chi connectivity index (χ1) is 8.67. The Morgan fingerprint density at radius 3 is 2.78 bits per heavy atom. The Bertz CT molecular complexity index is 596. The normalized spacial score (nSPS) is 13.1. The summed E-state index contributed by atoms with van der Waals surface area (Å²) in [6, 6.07) is 9.77. The average Bonchev–Trinajstić information content (AvgIpc) is 2.39. The number of fused-ring (bicyclic) bond motifs is 1. The lowest BCUT2D eigenvalue weighted by molar-refractivity contribution is 0.320. The summed E-state index contributed by atoms with van der Waals surface area (Å²) in [5, 5.41) is 14.2. The largest absolute Gasteiger partial charge is 0.495 e. The fraction of sp³-hybridized carbons (Fsp3) is 0.214. The van der Waals surface area contributed by atoms with E-state index in [0.29, 0.717) is 10.8 Å². The molecule has 94 valence electrons. The van der Waals surface area contributed by atoms with E-state index in [2.05, 4.69) is 5.16 Å². The van der Waals surface area contributed by atoms with Crippen molar-refractivity contribution in [2.24, 2.45) is 5.16 Å². The maximum atomic E-state index is 8.56. The highest BCUT2D eigenvalue weighted by atomic mass is 35.5. The second kappa shape index (κ2) is 5.27. The van der Waals surface area contributed by atoms with E-state index in [-0.39, 0.29) is 5.92 Å². The molecule has 18 heavy (non-hydrogen) atoms. The van der Waals surface area contributed by atoms with Crippen LogP contribution < -0.4 is 4.74 Å². The summed E-state index contributed by atoms with van der Waals surface area (Å²) < 4.78 is 5.18. The molecule has 0 aliphatic carbocycles. The van der Waals surface area contributed by atoms with E-state index in [0.717, 1.165) is 16.3 Å². The number of nitrogens with zero attached hydrogens (tertiary/aromatic N) is 1. The van der Waals surface area contributed by atoms with Gasteiger partial charge in [-0.3, -0.25) is 0 Å². The van der Waals surface area contributed by atoms with Crippen LogP contribution in [-0.4, -0.2) is 18.5 Å². The van der Waals surface area contributed by atoms with Gasteiger partial charge in [0.2, 0.25) is 0 Å². The number of benzene rings is 2. The van der Waals surface area contributed by atoms with Gasteiger partial charge in [0.25, 0.3) is 0 Å². The van der Waals surface area contributed by atoms with Gasteiger partial charge in [-0.05, 0) is 17.0 Å². The molecule has 1 N–H and O–H groups in total. The molecule has 2 rings (SSSR count). The smallest absolute Gasteiger partial charge is 0.138 e. The van der Waals surface area contributed by atoms with E-state index in [9.17, 15) is 0 Å². The Balaban J connectivity index is 2.54. The van der Waals surface area contributed by atoms with Gasteiger partial charge in [0.15, 0.2) is 0 Å². The number of oxime groups is 1. The van der Waals surface area contributed by atoms with Crippen molar-refractivity contribution in [3.8, 4) is 5.75 Å². The second-order valence-corrected chi connectivity index (χ2v) is 4.49. The van der Waals surface area contributed by atoms with Crippen LogP contribution in [0.15, 0.2) is 35.5 Å². The van der Waals surface area contributed by atoms with Gasteiger partial charge in [0.05, 0.1) is 18.3 Å². The second-order valence-electron chi connectivity index (χ2n) is 4.12. The minimum atomic E-state index is 0.0558. The monoisotopic (exact) mass is 263 g/mol. The lowest BCUT2D eigenvalue weighted by Crippen LogP contribution is -1.95. The van der Waals surface area contributed by atoms with Crippen molar-refractivity contribution < 1.29 is 9.94 Å². The van der Waals surface area contributed by atoms with Crippen molar-refractivity contribution in [2.75, 3.05) is 7.11 Å². The van der Waals surface area contributed by atoms with Crippen LogP contribution in [-0.2, 0) is 0 Å². The summed E-state index contributed by atoms with van der Waals surface area (Å²) in [6.45, 7) is 1.96. The molecule has 0 aliphatic heterocycles. The maximum Gasteiger partial charge on any atom is 0.138 e. The van der Waals surface area contributed by atoms with Gasteiger partial charge >= 0.3 is 0 Å². The van der Waals surface area contributed by atoms with Gasteiger partial charge in [-0.25, -0.2) is 0 Å². The molecule has 0 heterocycles. The van der Waals surface area contributed by atoms with Crippen molar-refractivity contribution in [3.05, 3.63) is 40.9 Å². The molecule has 2 aromatic rings. The number of halogens is 1. The average molecular weight is 264 g/mol. The van der Waals surface area contributed by atoms with E-state index >= 15 is 0 Å². The highest BCUT2D eigenvalue weighted by molar-refractivity contribution is 6.37. The molecule has 0 saturated heterocycles. The highest BCUT2D eigenvalue weighted by Crippen LogP contribution is 2.33. The Morgan fingerprint density at radius 2 is 2.11 bits per heavy atom. The summed E-state index contributed by atoms with van der Waals surface area (Å²) in [7, 11) is 1.60. The van der Waals surface area contributed by atoms with E-state index in [4.69, 9.17) is 21.5 Å². The molecule has 2 aromatic carbocycles. The fourth-order valence-corrected chi connectivity index (χ4v) is 2.23. The zero-order valence-electron chi connectivity index (χ0n) is 10.2. The summed E-state index contributed by atoms with van der Waals surface area (Å²) in [4.78, 5) is 0. The Kier molecular flexibility index (Phi) is 3.72. The van der Waals surface area contributed by atoms with Crippen LogP contribution in [0.5, 0.6) is 5.75 Å². The highest BCUT2D eigenvalue weighted by Gasteiger charge is 2.08. The minimum Gasteiger partial charge on any atom is -0.495 e. The summed E-state index contributed by atoms with van der Waals surface area (Å²) >= 11 is 6.24. The molecular formula is C14H14ClNO2. The number of ether oxygens (including phenoxy) is 1. The molecule has 3 nitrogen and oxygen atoms in total. The quantitative estimate of drug-likeness (QED) is 0.515. The van der Waals surface area contributed by atoms with Gasteiger partial charge in [-0.2, -0.15) is 0 Å². The van der Waals surface area contributed by atoms with Crippen LogP contribution in [0.1, 0.15) is 18.4 Å². The topological polar surface area (TPSA) is 41.8 Å². The van der Waals surface area contributed by atoms with Gasteiger partial charge in [0.1, 0.15) is 5.75 Å². The molecule has 0 radical (unpaired) electrons. The summed E-state index contributed by atoms with van der Waals surface area (Å²) in [5.41, 5.74) is 1.07. The third-order valence-electron chi connectivity index (χ3n) is 2.98. The van der Waals surface area contributed by atoms with Gasteiger partial charge < -0.3 is 9.94 Å². The van der Waals surface area contributed by atoms with Gasteiger partial charge in [0, 0.05) is 11.3 Å². The Hall–Kier alpha value is -1.74. The van der Waals surface area contributed by atoms with Crippen molar-refractivity contribution >= 4 is 28.6 Å². The van der Waals surface area contributed by atoms with E-state index in [1.807, 2.05) is 37.3 Å². The number of hydrogen-bond donors (Lipinski definition) is 1. The fourth-order valence-electron chi connectivity index (χ4n) is 1.92. The molecular weight excluding hydrogens is 250 g/mol. The summed E-state index contributed by atoms with van der Waals surface area (Å²) in [5.74, 6) is 0.724. The minimum absolute atomic E-state index is 0.0558. The zero-order valence-corrected chi connectivity index (χ0v) is 11.0. The van der Waals surface area contributed by atoms with Crippen LogP contribution in [0.4, 0.5) is 0 Å². The third kappa shape index (κ3) is 2.27. The van der Waals surface area contributed by atoms with Crippen molar-refractivity contribution in [1.82, 2.24) is 0 Å². The predicted molar refractivity (Wildman–Crippen MR) is 74.2 cm³/mol. The standard InChI is InChI=1S/C14H14ClNO2/c1-9(8-16-17)10-3-5-12-11(7-10)4-6-13(18-2)14(12)15/h3-9,17H,1-2H3. The van der Waals surface area contributed by atoms with Crippen molar-refractivity contribution in [2.45, 2.75) is 12.8 Å². The predicted octanol–water partition coefficient (Wildman–Crippen LogP) is 4.07. The van der Waals surface area contributed by atoms with Crippen molar-refractivity contribution in [3.63, 3.8) is 0 Å². The van der Waals surface area contributed by atoms with Crippen LogP contribution >= 0.6 is 11.6 Å². The lowest BCUT2D eigenvalue weighted by Gasteiger charge is -2.10.